The number of hydrogen-bond donors (Lipinski definition) is 2. The van der Waals surface area contributed by atoms with Crippen LogP contribution >= 0.6 is 11.6 Å². The minimum atomic E-state index is -0.586. The van der Waals surface area contributed by atoms with E-state index in [0.717, 1.165) is 6.07 Å². The fraction of sp³-hybridized carbons (Fsp3) is 0.0500. The van der Waals surface area contributed by atoms with Gasteiger partial charge in [-0.25, -0.2) is 4.39 Å². The predicted molar refractivity (Wildman–Crippen MR) is 105 cm³/mol. The summed E-state index contributed by atoms with van der Waals surface area (Å²) in [4.78, 5) is 28.8. The average Bonchev–Trinajstić information content (AvgIpc) is 2.71. The molecule has 1 heterocycles. The molecule has 2 N–H and O–H groups in total. The molecule has 142 valence electrons. The zero-order chi connectivity index (χ0) is 20.1. The maximum Gasteiger partial charge on any atom is 0.257 e. The van der Waals surface area contributed by atoms with Crippen LogP contribution in [0.25, 0.3) is 0 Å². The van der Waals surface area contributed by atoms with Crippen LogP contribution in [-0.2, 0) is 0 Å². The fourth-order valence-electron chi connectivity index (χ4n) is 2.37. The zero-order valence-corrected chi connectivity index (χ0v) is 15.5. The van der Waals surface area contributed by atoms with Crippen molar-refractivity contribution in [3.05, 3.63) is 82.9 Å². The van der Waals surface area contributed by atoms with E-state index in [1.54, 1.807) is 24.3 Å². The van der Waals surface area contributed by atoms with E-state index in [4.69, 9.17) is 16.3 Å². The first-order valence-electron chi connectivity index (χ1n) is 8.13. The number of halogens is 2. The highest BCUT2D eigenvalue weighted by Gasteiger charge is 2.13. The number of hydrogen-bond acceptors (Lipinski definition) is 4. The van der Waals surface area contributed by atoms with E-state index in [2.05, 4.69) is 15.6 Å². The van der Waals surface area contributed by atoms with Crippen molar-refractivity contribution >= 4 is 34.8 Å². The number of carbonyl (C=O) groups excluding carboxylic acids is 2. The van der Waals surface area contributed by atoms with Gasteiger partial charge in [0.15, 0.2) is 0 Å². The van der Waals surface area contributed by atoms with Crippen molar-refractivity contribution in [2.45, 2.75) is 0 Å². The molecule has 1 aromatic heterocycles. The lowest BCUT2D eigenvalue weighted by atomic mass is 10.1. The van der Waals surface area contributed by atoms with Gasteiger partial charge in [-0.1, -0.05) is 17.7 Å². The molecule has 0 bridgehead atoms. The molecule has 2 aromatic carbocycles. The molecule has 0 atom stereocenters. The molecule has 0 spiro atoms. The lowest BCUT2D eigenvalue weighted by Crippen LogP contribution is -2.16. The molecular formula is C20H15ClFN3O3. The third-order valence-electron chi connectivity index (χ3n) is 3.77. The van der Waals surface area contributed by atoms with Gasteiger partial charge >= 0.3 is 0 Å². The van der Waals surface area contributed by atoms with Crippen LogP contribution in [0, 0.1) is 5.82 Å². The molecule has 0 saturated heterocycles. The minimum Gasteiger partial charge on any atom is -0.497 e. The van der Waals surface area contributed by atoms with Crippen LogP contribution < -0.4 is 15.4 Å². The highest BCUT2D eigenvalue weighted by Crippen LogP contribution is 2.20. The summed E-state index contributed by atoms with van der Waals surface area (Å²) in [6, 6.07) is 12.1. The van der Waals surface area contributed by atoms with Crippen LogP contribution in [0.5, 0.6) is 5.75 Å². The number of rotatable bonds is 5. The Balaban J connectivity index is 1.74. The van der Waals surface area contributed by atoms with Crippen molar-refractivity contribution in [1.82, 2.24) is 4.98 Å². The number of carbonyl (C=O) groups is 2. The van der Waals surface area contributed by atoms with Crippen molar-refractivity contribution in [1.29, 1.82) is 0 Å². The fourth-order valence-corrected chi connectivity index (χ4v) is 2.55. The first-order chi connectivity index (χ1) is 13.5. The van der Waals surface area contributed by atoms with E-state index in [-0.39, 0.29) is 16.1 Å². The number of anilines is 2. The van der Waals surface area contributed by atoms with Gasteiger partial charge in [0.1, 0.15) is 11.6 Å². The Bertz CT molecular complexity index is 1040. The van der Waals surface area contributed by atoms with Crippen molar-refractivity contribution in [3.63, 3.8) is 0 Å². The summed E-state index contributed by atoms with van der Waals surface area (Å²) in [7, 11) is 1.53. The number of nitrogens with one attached hydrogen (secondary N) is 2. The summed E-state index contributed by atoms with van der Waals surface area (Å²) in [6.07, 6.45) is 2.67. The van der Waals surface area contributed by atoms with Crippen molar-refractivity contribution < 1.29 is 18.7 Å². The summed E-state index contributed by atoms with van der Waals surface area (Å²) >= 11 is 5.71. The number of benzene rings is 2. The molecule has 0 fully saturated rings. The zero-order valence-electron chi connectivity index (χ0n) is 14.7. The summed E-state index contributed by atoms with van der Waals surface area (Å²) in [6.45, 7) is 0. The third kappa shape index (κ3) is 4.63. The minimum absolute atomic E-state index is 0.109. The third-order valence-corrected chi connectivity index (χ3v) is 4.06. The van der Waals surface area contributed by atoms with E-state index in [1.165, 1.54) is 37.7 Å². The second kappa shape index (κ2) is 8.49. The van der Waals surface area contributed by atoms with E-state index in [1.807, 2.05) is 0 Å². The van der Waals surface area contributed by atoms with Gasteiger partial charge in [-0.15, -0.1) is 0 Å². The normalized spacial score (nSPS) is 10.2. The first-order valence-corrected chi connectivity index (χ1v) is 8.51. The number of aromatic nitrogens is 1. The monoisotopic (exact) mass is 399 g/mol. The van der Waals surface area contributed by atoms with Crippen LogP contribution in [-0.4, -0.2) is 23.9 Å². The highest BCUT2D eigenvalue weighted by atomic mass is 35.5. The predicted octanol–water partition coefficient (Wildman–Crippen LogP) is 4.39. The largest absolute Gasteiger partial charge is 0.497 e. The van der Waals surface area contributed by atoms with Crippen molar-refractivity contribution in [3.8, 4) is 5.75 Å². The Labute approximate surface area is 165 Å². The van der Waals surface area contributed by atoms with E-state index in [9.17, 15) is 14.0 Å². The quantitative estimate of drug-likeness (QED) is 0.667. The molecule has 0 aliphatic rings. The molecule has 28 heavy (non-hydrogen) atoms. The van der Waals surface area contributed by atoms with Crippen LogP contribution in [0.1, 0.15) is 20.7 Å². The SMILES string of the molecule is COc1cccc(NC(=O)c2cncc(C(=O)Nc3ccc(F)c(Cl)c3)c2)c1. The Hall–Kier alpha value is -3.45. The number of methoxy groups -OCH3 is 1. The maximum absolute atomic E-state index is 13.2. The molecule has 0 aliphatic carbocycles. The summed E-state index contributed by atoms with van der Waals surface area (Å²) in [5.74, 6) is -0.925. The number of ether oxygens (including phenoxy) is 1. The molecule has 0 radical (unpaired) electrons. The van der Waals surface area contributed by atoms with Gasteiger partial charge in [0.2, 0.25) is 0 Å². The molecule has 8 heteroatoms. The molecule has 0 saturated carbocycles. The second-order valence-electron chi connectivity index (χ2n) is 5.73. The first kappa shape index (κ1) is 19.3. The van der Waals surface area contributed by atoms with Crippen LogP contribution in [0.2, 0.25) is 5.02 Å². The van der Waals surface area contributed by atoms with Crippen LogP contribution in [0.3, 0.4) is 0 Å². The van der Waals surface area contributed by atoms with Crippen LogP contribution in [0.15, 0.2) is 60.9 Å². The average molecular weight is 400 g/mol. The number of pyridine rings is 1. The topological polar surface area (TPSA) is 80.3 Å². The van der Waals surface area contributed by atoms with Crippen molar-refractivity contribution in [2.24, 2.45) is 0 Å². The van der Waals surface area contributed by atoms with E-state index >= 15 is 0 Å². The molecule has 3 aromatic rings. The van der Waals surface area contributed by atoms with Gasteiger partial charge in [0, 0.05) is 29.8 Å². The summed E-state index contributed by atoms with van der Waals surface area (Å²) < 4.78 is 18.3. The van der Waals surface area contributed by atoms with Gasteiger partial charge < -0.3 is 15.4 Å². The molecule has 3 rings (SSSR count). The van der Waals surface area contributed by atoms with Crippen LogP contribution in [0.4, 0.5) is 15.8 Å². The second-order valence-corrected chi connectivity index (χ2v) is 6.14. The number of amides is 2. The Morgan fingerprint density at radius 1 is 0.964 bits per heavy atom. The standard InChI is InChI=1S/C20H15ClFN3O3/c1-28-16-4-2-3-14(8-16)24-19(26)12-7-13(11-23-10-12)20(27)25-15-5-6-18(22)17(21)9-15/h2-11H,1H3,(H,24,26)(H,25,27). The lowest BCUT2D eigenvalue weighted by Gasteiger charge is -2.09. The Kier molecular flexibility index (Phi) is 5.86. The molecule has 0 unspecified atom stereocenters. The van der Waals surface area contributed by atoms with E-state index in [0.29, 0.717) is 17.1 Å². The maximum atomic E-state index is 13.2. The van der Waals surface area contributed by atoms with Gasteiger partial charge in [-0.3, -0.25) is 14.6 Å². The van der Waals surface area contributed by atoms with Crippen molar-refractivity contribution in [2.75, 3.05) is 17.7 Å². The van der Waals surface area contributed by atoms with Gasteiger partial charge in [-0.2, -0.15) is 0 Å². The molecule has 2 amide bonds. The summed E-state index contributed by atoms with van der Waals surface area (Å²) in [5, 5.41) is 5.18. The van der Waals surface area contributed by atoms with Gasteiger partial charge in [0.25, 0.3) is 11.8 Å². The Morgan fingerprint density at radius 3 is 2.21 bits per heavy atom. The molecular weight excluding hydrogens is 385 g/mol. The molecule has 0 aliphatic heterocycles. The smallest absolute Gasteiger partial charge is 0.257 e. The number of nitrogens with zero attached hydrogens (tertiary/aromatic N) is 1. The van der Waals surface area contributed by atoms with Gasteiger partial charge in [0.05, 0.1) is 23.3 Å². The summed E-state index contributed by atoms with van der Waals surface area (Å²) in [5.41, 5.74) is 1.23. The highest BCUT2D eigenvalue weighted by molar-refractivity contribution is 6.31. The molecule has 6 nitrogen and oxygen atoms in total. The van der Waals surface area contributed by atoms with E-state index < -0.39 is 17.6 Å². The lowest BCUT2D eigenvalue weighted by molar-refractivity contribution is 0.102. The Morgan fingerprint density at radius 2 is 1.61 bits per heavy atom. The van der Waals surface area contributed by atoms with Gasteiger partial charge in [-0.05, 0) is 36.4 Å².